The van der Waals surface area contributed by atoms with Crippen molar-refractivity contribution >= 4 is 35.0 Å². The molecule has 4 nitrogen and oxygen atoms in total. The quantitative estimate of drug-likeness (QED) is 0.764. The Bertz CT molecular complexity index is 753. The molecule has 2 rings (SSSR count). The summed E-state index contributed by atoms with van der Waals surface area (Å²) >= 11 is 11.8. The molecule has 0 atom stereocenters. The highest BCUT2D eigenvalue weighted by molar-refractivity contribution is 6.43. The summed E-state index contributed by atoms with van der Waals surface area (Å²) in [6.07, 6.45) is 0.519. The summed E-state index contributed by atoms with van der Waals surface area (Å²) in [5, 5.41) is 5.87. The second-order valence-corrected chi connectivity index (χ2v) is 5.76. The van der Waals surface area contributed by atoms with Gasteiger partial charge in [-0.25, -0.2) is 4.39 Å². The summed E-state index contributed by atoms with van der Waals surface area (Å²) in [5.41, 5.74) is 0.553. The molecule has 0 bridgehead atoms. The molecular formula is C17H15Cl2FN2O2. The Kier molecular flexibility index (Phi) is 6.58. The number of nitrogens with one attached hydrogen (secondary N) is 2. The molecule has 126 valence electrons. The van der Waals surface area contributed by atoms with E-state index in [4.69, 9.17) is 23.2 Å². The number of halogens is 3. The van der Waals surface area contributed by atoms with E-state index in [1.54, 1.807) is 18.2 Å². The van der Waals surface area contributed by atoms with Crippen molar-refractivity contribution in [1.82, 2.24) is 10.6 Å². The van der Waals surface area contributed by atoms with Gasteiger partial charge < -0.3 is 10.6 Å². The van der Waals surface area contributed by atoms with Crippen LogP contribution in [0.15, 0.2) is 42.5 Å². The molecule has 2 N–H and O–H groups in total. The number of hydrogen-bond acceptors (Lipinski definition) is 2. The average molecular weight is 369 g/mol. The highest BCUT2D eigenvalue weighted by atomic mass is 35.5. The van der Waals surface area contributed by atoms with Gasteiger partial charge in [0.25, 0.3) is 11.8 Å². The van der Waals surface area contributed by atoms with Gasteiger partial charge in [0.2, 0.25) is 0 Å². The van der Waals surface area contributed by atoms with Crippen LogP contribution in [0.4, 0.5) is 4.39 Å². The Morgan fingerprint density at radius 2 is 1.62 bits per heavy atom. The third-order valence-corrected chi connectivity index (χ3v) is 4.03. The molecule has 24 heavy (non-hydrogen) atoms. The van der Waals surface area contributed by atoms with Crippen LogP contribution in [0, 0.1) is 5.82 Å². The second-order valence-electron chi connectivity index (χ2n) is 4.98. The molecule has 0 radical (unpaired) electrons. The van der Waals surface area contributed by atoms with Gasteiger partial charge in [0.05, 0.1) is 15.6 Å². The number of rotatable bonds is 6. The van der Waals surface area contributed by atoms with Crippen LogP contribution in [0.2, 0.25) is 10.0 Å². The van der Waals surface area contributed by atoms with E-state index in [1.165, 1.54) is 18.2 Å². The Hall–Kier alpha value is -2.11. The number of carbonyl (C=O) groups excluding carboxylic acids is 2. The summed E-state index contributed by atoms with van der Waals surface area (Å²) < 4.78 is 13.0. The second kappa shape index (κ2) is 8.66. The third-order valence-electron chi connectivity index (χ3n) is 3.21. The molecule has 0 aliphatic rings. The van der Waals surface area contributed by atoms with Crippen molar-refractivity contribution in [3.63, 3.8) is 0 Å². The van der Waals surface area contributed by atoms with Crippen molar-refractivity contribution in [3.05, 3.63) is 69.5 Å². The van der Waals surface area contributed by atoms with E-state index in [1.807, 2.05) is 0 Å². The maximum Gasteiger partial charge on any atom is 0.252 e. The largest absolute Gasteiger partial charge is 0.352 e. The number of hydrogen-bond donors (Lipinski definition) is 2. The van der Waals surface area contributed by atoms with Gasteiger partial charge in [0.15, 0.2) is 0 Å². The van der Waals surface area contributed by atoms with E-state index < -0.39 is 5.82 Å². The minimum absolute atomic E-state index is 0.205. The molecular weight excluding hydrogens is 354 g/mol. The number of benzene rings is 2. The van der Waals surface area contributed by atoms with Crippen molar-refractivity contribution in [2.24, 2.45) is 0 Å². The number of carbonyl (C=O) groups is 2. The van der Waals surface area contributed by atoms with Crippen LogP contribution >= 0.6 is 23.2 Å². The topological polar surface area (TPSA) is 58.2 Å². The molecule has 0 aromatic heterocycles. The molecule has 0 saturated carbocycles. The van der Waals surface area contributed by atoms with Crippen LogP contribution in [0.3, 0.4) is 0 Å². The van der Waals surface area contributed by atoms with E-state index in [2.05, 4.69) is 10.6 Å². The van der Waals surface area contributed by atoms with E-state index >= 15 is 0 Å². The molecule has 0 aliphatic heterocycles. The lowest BCUT2D eigenvalue weighted by molar-refractivity contribution is 0.0951. The summed E-state index contributed by atoms with van der Waals surface area (Å²) in [5.74, 6) is -1.16. The summed E-state index contributed by atoms with van der Waals surface area (Å²) in [6.45, 7) is 0.698. The highest BCUT2D eigenvalue weighted by Crippen LogP contribution is 2.25. The van der Waals surface area contributed by atoms with Gasteiger partial charge in [-0.2, -0.15) is 0 Å². The molecule has 0 unspecified atom stereocenters. The van der Waals surface area contributed by atoms with Gasteiger partial charge in [-0.1, -0.05) is 35.3 Å². The molecule has 0 heterocycles. The van der Waals surface area contributed by atoms with Gasteiger partial charge in [0.1, 0.15) is 5.82 Å². The van der Waals surface area contributed by atoms with Crippen molar-refractivity contribution in [2.45, 2.75) is 6.42 Å². The normalized spacial score (nSPS) is 10.3. The maximum atomic E-state index is 13.0. The summed E-state index contributed by atoms with van der Waals surface area (Å²) in [4.78, 5) is 23.8. The predicted molar refractivity (Wildman–Crippen MR) is 92.1 cm³/mol. The zero-order chi connectivity index (χ0) is 17.5. The Balaban J connectivity index is 1.74. The van der Waals surface area contributed by atoms with Crippen LogP contribution in [-0.2, 0) is 0 Å². The molecule has 7 heteroatoms. The van der Waals surface area contributed by atoms with E-state index in [0.29, 0.717) is 30.1 Å². The molecule has 0 spiro atoms. The zero-order valence-electron chi connectivity index (χ0n) is 12.6. The van der Waals surface area contributed by atoms with Gasteiger partial charge in [-0.3, -0.25) is 9.59 Å². The van der Waals surface area contributed by atoms with Crippen molar-refractivity contribution in [3.8, 4) is 0 Å². The summed E-state index contributed by atoms with van der Waals surface area (Å²) in [7, 11) is 0. The zero-order valence-corrected chi connectivity index (χ0v) is 14.1. The molecule has 0 saturated heterocycles. The van der Waals surface area contributed by atoms with Gasteiger partial charge in [0, 0.05) is 18.7 Å². The first kappa shape index (κ1) is 18.2. The Morgan fingerprint density at radius 3 is 2.33 bits per heavy atom. The molecule has 0 aliphatic carbocycles. The van der Waals surface area contributed by atoms with Crippen LogP contribution in [0.25, 0.3) is 0 Å². The first-order chi connectivity index (χ1) is 11.5. The van der Waals surface area contributed by atoms with Crippen LogP contribution in [-0.4, -0.2) is 24.9 Å². The fourth-order valence-electron chi connectivity index (χ4n) is 2.00. The Labute approximate surface area is 149 Å². The molecule has 2 aromatic carbocycles. The van der Waals surface area contributed by atoms with Crippen molar-refractivity contribution in [2.75, 3.05) is 13.1 Å². The molecule has 0 fully saturated rings. The monoisotopic (exact) mass is 368 g/mol. The predicted octanol–water partition coefficient (Wildman–Crippen LogP) is 3.68. The smallest absolute Gasteiger partial charge is 0.252 e. The van der Waals surface area contributed by atoms with Crippen molar-refractivity contribution < 1.29 is 14.0 Å². The minimum Gasteiger partial charge on any atom is -0.352 e. The highest BCUT2D eigenvalue weighted by Gasteiger charge is 2.12. The fourth-order valence-corrected chi connectivity index (χ4v) is 2.38. The third kappa shape index (κ3) is 4.94. The van der Waals surface area contributed by atoms with Crippen molar-refractivity contribution in [1.29, 1.82) is 0 Å². The lowest BCUT2D eigenvalue weighted by Crippen LogP contribution is -2.30. The van der Waals surface area contributed by atoms with Crippen LogP contribution in [0.1, 0.15) is 27.1 Å². The minimum atomic E-state index is -0.465. The van der Waals surface area contributed by atoms with E-state index in [9.17, 15) is 14.0 Å². The lowest BCUT2D eigenvalue weighted by Gasteiger charge is -2.08. The summed E-state index contributed by atoms with van der Waals surface area (Å²) in [6, 6.07) is 10.3. The standard InChI is InChI=1S/C17H15Cl2FN2O2/c18-14-7-2-6-13(15(14)19)17(24)22-9-3-8-21-16(23)11-4-1-5-12(20)10-11/h1-2,4-7,10H,3,8-9H2,(H,21,23)(H,22,24). The van der Waals surface area contributed by atoms with Gasteiger partial charge in [-0.05, 0) is 36.8 Å². The first-order valence-electron chi connectivity index (χ1n) is 7.25. The van der Waals surface area contributed by atoms with Crippen LogP contribution in [0.5, 0.6) is 0 Å². The molecule has 2 aromatic rings. The molecule has 2 amide bonds. The van der Waals surface area contributed by atoms with Gasteiger partial charge in [-0.15, -0.1) is 0 Å². The fraction of sp³-hybridized carbons (Fsp3) is 0.176. The first-order valence-corrected chi connectivity index (χ1v) is 8.00. The van der Waals surface area contributed by atoms with Gasteiger partial charge >= 0.3 is 0 Å². The van der Waals surface area contributed by atoms with E-state index in [0.717, 1.165) is 6.07 Å². The van der Waals surface area contributed by atoms with Crippen LogP contribution < -0.4 is 10.6 Å². The number of amides is 2. The Morgan fingerprint density at radius 1 is 0.958 bits per heavy atom. The maximum absolute atomic E-state index is 13.0. The SMILES string of the molecule is O=C(NCCCNC(=O)c1cccc(Cl)c1Cl)c1cccc(F)c1. The average Bonchev–Trinajstić information content (AvgIpc) is 2.56. The lowest BCUT2D eigenvalue weighted by atomic mass is 10.2. The van der Waals surface area contributed by atoms with E-state index in [-0.39, 0.29) is 22.4 Å².